The van der Waals surface area contributed by atoms with Crippen LogP contribution in [0.15, 0.2) is 0 Å². The molecule has 0 rings (SSSR count). The van der Waals surface area contributed by atoms with E-state index >= 15 is 0 Å². The van der Waals surface area contributed by atoms with Gasteiger partial charge in [0, 0.05) is 19.8 Å². The molecule has 276 valence electrons. The smallest absolute Gasteiger partial charge is 0.320 e. The van der Waals surface area contributed by atoms with Gasteiger partial charge in [-0.1, -0.05) is 168 Å². The number of aliphatic carboxylic acids is 1. The molecule has 0 heterocycles. The average molecular weight is 669 g/mol. The van der Waals surface area contributed by atoms with E-state index in [4.69, 9.17) is 14.2 Å². The summed E-state index contributed by atoms with van der Waals surface area (Å²) in [6, 6.07) is 0. The van der Waals surface area contributed by atoms with E-state index in [1.807, 2.05) is 0 Å². The number of hydrogen-bond acceptors (Lipinski definition) is 7. The second-order valence-electron chi connectivity index (χ2n) is 13.7. The zero-order chi connectivity index (χ0) is 34.9. The largest absolute Gasteiger partial charge is 0.481 e. The van der Waals surface area contributed by atoms with Crippen LogP contribution >= 0.6 is 0 Å². The van der Waals surface area contributed by atoms with Crippen molar-refractivity contribution in [2.45, 2.75) is 201 Å². The Bertz CT molecular complexity index is 735. The van der Waals surface area contributed by atoms with E-state index < -0.39 is 49.1 Å². The van der Waals surface area contributed by atoms with E-state index in [1.165, 1.54) is 122 Å². The van der Waals surface area contributed by atoms with Crippen LogP contribution in [0.3, 0.4) is 0 Å². The van der Waals surface area contributed by atoms with Crippen LogP contribution in [0.25, 0.3) is 0 Å². The lowest BCUT2D eigenvalue weighted by atomic mass is 9.91. The lowest BCUT2D eigenvalue weighted by molar-refractivity contribution is -0.174. The minimum atomic E-state index is -1.84. The number of carboxylic acid groups (broad SMARTS) is 1. The molecule has 0 aromatic rings. The van der Waals surface area contributed by atoms with Crippen LogP contribution in [0.1, 0.15) is 201 Å². The van der Waals surface area contributed by atoms with Crippen LogP contribution in [0.2, 0.25) is 0 Å². The highest BCUT2D eigenvalue weighted by atomic mass is 16.6. The van der Waals surface area contributed by atoms with Gasteiger partial charge in [0.2, 0.25) is 0 Å². The van der Waals surface area contributed by atoms with Crippen molar-refractivity contribution in [1.82, 2.24) is 0 Å². The molecule has 0 unspecified atom stereocenters. The quantitative estimate of drug-likeness (QED) is 0.0403. The van der Waals surface area contributed by atoms with E-state index in [9.17, 15) is 24.3 Å². The summed E-state index contributed by atoms with van der Waals surface area (Å²) < 4.78 is 15.6. The molecule has 8 heteroatoms. The molecule has 0 aromatic carbocycles. The van der Waals surface area contributed by atoms with Gasteiger partial charge in [0.15, 0.2) is 5.41 Å². The predicted molar refractivity (Wildman–Crippen MR) is 189 cm³/mol. The van der Waals surface area contributed by atoms with Crippen LogP contribution < -0.4 is 0 Å². The molecule has 0 aliphatic heterocycles. The minimum Gasteiger partial charge on any atom is -0.481 e. The Labute approximate surface area is 287 Å². The molecule has 0 aromatic heterocycles. The second-order valence-corrected chi connectivity index (χ2v) is 13.7. The number of carbonyl (C=O) groups excluding carboxylic acids is 3. The van der Waals surface area contributed by atoms with Gasteiger partial charge in [0.25, 0.3) is 0 Å². The Morgan fingerprint density at radius 3 is 0.936 bits per heavy atom. The third-order valence-corrected chi connectivity index (χ3v) is 8.99. The summed E-state index contributed by atoms with van der Waals surface area (Å²) >= 11 is 0. The Morgan fingerprint density at radius 2 is 0.681 bits per heavy atom. The van der Waals surface area contributed by atoms with Crippen LogP contribution in [-0.4, -0.2) is 48.8 Å². The molecule has 8 nitrogen and oxygen atoms in total. The van der Waals surface area contributed by atoms with Crippen molar-refractivity contribution >= 4 is 23.9 Å². The van der Waals surface area contributed by atoms with Gasteiger partial charge in [-0.2, -0.15) is 0 Å². The second kappa shape index (κ2) is 32.4. The van der Waals surface area contributed by atoms with Crippen molar-refractivity contribution < 1.29 is 38.5 Å². The van der Waals surface area contributed by atoms with E-state index in [1.54, 1.807) is 0 Å². The maximum absolute atomic E-state index is 12.4. The standard InChI is InChI=1S/C39H72O8/c1-4-6-8-10-12-14-16-18-20-22-24-26-28-30-36(41)46-33-39(38(43)44,32-45-35(3)40)34-47-37(42)31-29-27-25-23-21-19-17-15-13-11-9-7-5-2/h4-34H2,1-3H3,(H,43,44). The molecule has 0 radical (unpaired) electrons. The van der Waals surface area contributed by atoms with Crippen molar-refractivity contribution in [2.75, 3.05) is 19.8 Å². The Kier molecular flexibility index (Phi) is 31.0. The van der Waals surface area contributed by atoms with Gasteiger partial charge in [-0.15, -0.1) is 0 Å². The molecular formula is C39H72O8. The summed E-state index contributed by atoms with van der Waals surface area (Å²) in [5, 5.41) is 9.99. The lowest BCUT2D eigenvalue weighted by Crippen LogP contribution is -2.46. The zero-order valence-corrected chi connectivity index (χ0v) is 30.7. The highest BCUT2D eigenvalue weighted by Gasteiger charge is 2.43. The molecule has 1 N–H and O–H groups in total. The molecule has 0 spiro atoms. The third kappa shape index (κ3) is 28.6. The SMILES string of the molecule is CCCCCCCCCCCCCCCC(=O)OCC(COC(C)=O)(COC(=O)CCCCCCCCCCCCCCC)C(=O)O. The van der Waals surface area contributed by atoms with Gasteiger partial charge in [-0.25, -0.2) is 0 Å². The normalized spacial score (nSPS) is 11.4. The van der Waals surface area contributed by atoms with E-state index in [0.717, 1.165) is 38.5 Å². The summed E-state index contributed by atoms with van der Waals surface area (Å²) in [5.41, 5.74) is -1.84. The molecule has 47 heavy (non-hydrogen) atoms. The molecule has 0 saturated carbocycles. The fourth-order valence-electron chi connectivity index (χ4n) is 5.71. The fourth-order valence-corrected chi connectivity index (χ4v) is 5.71. The third-order valence-electron chi connectivity index (χ3n) is 8.99. The van der Waals surface area contributed by atoms with Gasteiger partial charge >= 0.3 is 23.9 Å². The van der Waals surface area contributed by atoms with Crippen LogP contribution in [0.4, 0.5) is 0 Å². The van der Waals surface area contributed by atoms with Crippen molar-refractivity contribution in [1.29, 1.82) is 0 Å². The number of ether oxygens (including phenoxy) is 3. The number of carboxylic acids is 1. The van der Waals surface area contributed by atoms with Crippen molar-refractivity contribution in [3.8, 4) is 0 Å². The molecule has 0 fully saturated rings. The summed E-state index contributed by atoms with van der Waals surface area (Å²) in [6.07, 6.45) is 31.6. The van der Waals surface area contributed by atoms with Crippen molar-refractivity contribution in [2.24, 2.45) is 5.41 Å². The van der Waals surface area contributed by atoms with E-state index in [-0.39, 0.29) is 12.8 Å². The topological polar surface area (TPSA) is 116 Å². The van der Waals surface area contributed by atoms with E-state index in [0.29, 0.717) is 12.8 Å². The van der Waals surface area contributed by atoms with Crippen LogP contribution in [0.5, 0.6) is 0 Å². The van der Waals surface area contributed by atoms with Gasteiger partial charge in [0.1, 0.15) is 19.8 Å². The van der Waals surface area contributed by atoms with Gasteiger partial charge in [-0.05, 0) is 12.8 Å². The number of hydrogen-bond donors (Lipinski definition) is 1. The minimum absolute atomic E-state index is 0.194. The summed E-state index contributed by atoms with van der Waals surface area (Å²) in [4.78, 5) is 48.5. The average Bonchev–Trinajstić information content (AvgIpc) is 3.05. The molecule has 0 amide bonds. The Balaban J connectivity index is 4.23. The Hall–Kier alpha value is -2.12. The first-order chi connectivity index (χ1) is 22.8. The lowest BCUT2D eigenvalue weighted by Gasteiger charge is -2.27. The molecule has 0 bridgehead atoms. The first-order valence-electron chi connectivity index (χ1n) is 19.5. The first kappa shape index (κ1) is 44.9. The van der Waals surface area contributed by atoms with Crippen molar-refractivity contribution in [3.63, 3.8) is 0 Å². The van der Waals surface area contributed by atoms with Gasteiger partial charge in [0.05, 0.1) is 0 Å². The maximum atomic E-state index is 12.4. The summed E-state index contributed by atoms with van der Waals surface area (Å²) in [7, 11) is 0. The summed E-state index contributed by atoms with van der Waals surface area (Å²) in [6.45, 7) is 4.05. The van der Waals surface area contributed by atoms with Crippen molar-refractivity contribution in [3.05, 3.63) is 0 Å². The maximum Gasteiger partial charge on any atom is 0.320 e. The monoisotopic (exact) mass is 669 g/mol. The zero-order valence-electron chi connectivity index (χ0n) is 30.7. The molecule has 0 atom stereocenters. The van der Waals surface area contributed by atoms with Gasteiger partial charge in [-0.3, -0.25) is 19.2 Å². The highest BCUT2D eigenvalue weighted by Crippen LogP contribution is 2.22. The number of rotatable bonds is 35. The van der Waals surface area contributed by atoms with E-state index in [2.05, 4.69) is 13.8 Å². The number of esters is 3. The van der Waals surface area contributed by atoms with Crippen LogP contribution in [0, 0.1) is 5.41 Å². The predicted octanol–water partition coefficient (Wildman–Crippen LogP) is 10.7. The summed E-state index contributed by atoms with van der Waals surface area (Å²) in [5.74, 6) is -3.01. The molecule has 0 saturated heterocycles. The van der Waals surface area contributed by atoms with Crippen LogP contribution in [-0.2, 0) is 33.4 Å². The highest BCUT2D eigenvalue weighted by molar-refractivity contribution is 5.78. The first-order valence-corrected chi connectivity index (χ1v) is 19.5. The molecular weight excluding hydrogens is 596 g/mol. The Morgan fingerprint density at radius 1 is 0.426 bits per heavy atom. The molecule has 0 aliphatic carbocycles. The molecule has 0 aliphatic rings. The number of carbonyl (C=O) groups is 4. The van der Waals surface area contributed by atoms with Gasteiger partial charge < -0.3 is 19.3 Å². The fraction of sp³-hybridized carbons (Fsp3) is 0.897. The number of unbranched alkanes of at least 4 members (excludes halogenated alkanes) is 24.